The largest absolute Gasteiger partial charge is 0.365 e. The van der Waals surface area contributed by atoms with Crippen LogP contribution in [0.1, 0.15) is 56.5 Å². The molecule has 3 aliphatic rings. The summed E-state index contributed by atoms with van der Waals surface area (Å²) < 4.78 is 0. The van der Waals surface area contributed by atoms with Crippen LogP contribution in [-0.4, -0.2) is 29.8 Å². The highest BCUT2D eigenvalue weighted by Gasteiger charge is 2.40. The number of aryl methyl sites for hydroxylation is 1. The summed E-state index contributed by atoms with van der Waals surface area (Å²) in [6, 6.07) is 2.61. The minimum absolute atomic E-state index is 0.0400. The van der Waals surface area contributed by atoms with Gasteiger partial charge >= 0.3 is 0 Å². The molecule has 5 rings (SSSR count). The van der Waals surface area contributed by atoms with Gasteiger partial charge in [-0.3, -0.25) is 14.5 Å². The molecule has 1 aliphatic heterocycles. The summed E-state index contributed by atoms with van der Waals surface area (Å²) in [5, 5.41) is 5.83. The van der Waals surface area contributed by atoms with Gasteiger partial charge in [0.05, 0.1) is 12.1 Å². The highest BCUT2D eigenvalue weighted by atomic mass is 32.1. The van der Waals surface area contributed by atoms with Crippen molar-refractivity contribution in [3.05, 3.63) is 37.9 Å². The smallest absolute Gasteiger partial charge is 0.251 e. The fraction of sp³-hybridized carbons (Fsp3) is 0.500. The molecule has 5 nitrogen and oxygen atoms in total. The molecule has 0 saturated heterocycles. The van der Waals surface area contributed by atoms with Gasteiger partial charge in [0.2, 0.25) is 5.91 Å². The van der Waals surface area contributed by atoms with E-state index in [0.717, 1.165) is 37.8 Å². The van der Waals surface area contributed by atoms with Crippen molar-refractivity contribution in [3.63, 3.8) is 0 Å². The van der Waals surface area contributed by atoms with Crippen molar-refractivity contribution in [1.82, 2.24) is 4.90 Å². The van der Waals surface area contributed by atoms with E-state index in [0.29, 0.717) is 29.1 Å². The Morgan fingerprint density at radius 2 is 2.07 bits per heavy atom. The molecule has 2 amide bonds. The lowest BCUT2D eigenvalue weighted by Gasteiger charge is -2.35. The van der Waals surface area contributed by atoms with E-state index in [9.17, 15) is 9.59 Å². The topological polar surface area (TPSA) is 75.4 Å². The predicted molar refractivity (Wildman–Crippen MR) is 109 cm³/mol. The lowest BCUT2D eigenvalue weighted by molar-refractivity contribution is -0.118. The molecule has 0 unspecified atom stereocenters. The van der Waals surface area contributed by atoms with Crippen LogP contribution >= 0.6 is 22.7 Å². The zero-order chi connectivity index (χ0) is 18.5. The number of nitrogens with zero attached hydrogens (tertiary/aromatic N) is 1. The van der Waals surface area contributed by atoms with Crippen LogP contribution in [0, 0.1) is 5.92 Å². The molecule has 27 heavy (non-hydrogen) atoms. The summed E-state index contributed by atoms with van der Waals surface area (Å²) >= 11 is 3.37. The first-order valence-electron chi connectivity index (χ1n) is 9.66. The Morgan fingerprint density at radius 1 is 1.22 bits per heavy atom. The average molecular weight is 402 g/mol. The molecule has 1 fully saturated rings. The van der Waals surface area contributed by atoms with Crippen molar-refractivity contribution in [3.8, 4) is 0 Å². The zero-order valence-electron chi connectivity index (χ0n) is 15.1. The second-order valence-electron chi connectivity index (χ2n) is 7.78. The molecule has 1 atom stereocenters. The van der Waals surface area contributed by atoms with Gasteiger partial charge in [-0.1, -0.05) is 0 Å². The maximum atomic E-state index is 12.8. The van der Waals surface area contributed by atoms with E-state index in [-0.39, 0.29) is 5.91 Å². The molecule has 2 aliphatic carbocycles. The summed E-state index contributed by atoms with van der Waals surface area (Å²) in [6.07, 6.45) is 6.45. The number of amides is 2. The lowest BCUT2D eigenvalue weighted by Crippen LogP contribution is -2.41. The Bertz CT molecular complexity index is 912. The highest BCUT2D eigenvalue weighted by molar-refractivity contribution is 7.17. The van der Waals surface area contributed by atoms with Gasteiger partial charge in [-0.15, -0.1) is 22.7 Å². The first kappa shape index (κ1) is 17.4. The molecule has 0 spiro atoms. The quantitative estimate of drug-likeness (QED) is 0.807. The van der Waals surface area contributed by atoms with Gasteiger partial charge in [0.1, 0.15) is 5.00 Å². The van der Waals surface area contributed by atoms with Crippen LogP contribution in [0.5, 0.6) is 0 Å². The van der Waals surface area contributed by atoms with Gasteiger partial charge in [0, 0.05) is 22.3 Å². The Morgan fingerprint density at radius 3 is 2.85 bits per heavy atom. The van der Waals surface area contributed by atoms with Crippen LogP contribution in [0.3, 0.4) is 0 Å². The third-order valence-electron chi connectivity index (χ3n) is 5.95. The Kier molecular flexibility index (Phi) is 4.33. The van der Waals surface area contributed by atoms with E-state index < -0.39 is 5.91 Å². The van der Waals surface area contributed by atoms with Crippen LogP contribution in [0.25, 0.3) is 0 Å². The Hall–Kier alpha value is -1.70. The van der Waals surface area contributed by atoms with Crippen molar-refractivity contribution in [2.45, 2.75) is 44.6 Å². The first-order valence-corrected chi connectivity index (χ1v) is 11.4. The lowest BCUT2D eigenvalue weighted by atomic mass is 9.96. The predicted octanol–water partition coefficient (Wildman–Crippen LogP) is 3.35. The third-order valence-corrected chi connectivity index (χ3v) is 8.16. The molecule has 3 N–H and O–H groups in total. The number of nitrogens with one attached hydrogen (secondary N) is 1. The van der Waals surface area contributed by atoms with Gasteiger partial charge in [0.25, 0.3) is 5.91 Å². The number of fused-ring (bicyclic) bond motifs is 2. The number of hydrogen-bond donors (Lipinski definition) is 2. The number of nitrogens with two attached hydrogens (primary N) is 1. The number of thiophene rings is 2. The summed E-state index contributed by atoms with van der Waals surface area (Å²) in [5.41, 5.74) is 8.63. The molecule has 142 valence electrons. The molecule has 2 aromatic heterocycles. The second kappa shape index (κ2) is 6.72. The molecular weight excluding hydrogens is 378 g/mol. The molecule has 2 aromatic rings. The van der Waals surface area contributed by atoms with Crippen LogP contribution in [0.15, 0.2) is 11.4 Å². The summed E-state index contributed by atoms with van der Waals surface area (Å²) in [5.74, 6) is 0.210. The molecule has 3 heterocycles. The van der Waals surface area contributed by atoms with E-state index in [1.54, 1.807) is 0 Å². The van der Waals surface area contributed by atoms with E-state index in [1.165, 1.54) is 39.5 Å². The number of anilines is 1. The fourth-order valence-corrected chi connectivity index (χ4v) is 6.87. The highest BCUT2D eigenvalue weighted by Crippen LogP contribution is 2.48. The van der Waals surface area contributed by atoms with Crippen molar-refractivity contribution in [2.24, 2.45) is 11.7 Å². The minimum Gasteiger partial charge on any atom is -0.365 e. The molecule has 0 bridgehead atoms. The van der Waals surface area contributed by atoms with Gasteiger partial charge in [-0.2, -0.15) is 0 Å². The normalized spacial score (nSPS) is 21.7. The average Bonchev–Trinajstić information content (AvgIpc) is 3.01. The maximum Gasteiger partial charge on any atom is 0.251 e. The number of carbonyl (C=O) groups is 2. The Balaban J connectivity index is 1.34. The van der Waals surface area contributed by atoms with E-state index in [4.69, 9.17) is 5.73 Å². The van der Waals surface area contributed by atoms with E-state index >= 15 is 0 Å². The monoisotopic (exact) mass is 401 g/mol. The standard InChI is InChI=1S/C20H23N3O2S2/c21-19(25)17-12-2-1-3-15(12)27-20(17)22-16(24)10-23-8-6-14-13(7-9-26-14)18(23)11-4-5-11/h7,9,11,18H,1-6,8,10H2,(H2,21,25)(H,22,24)/t18-/m0/s1. The van der Waals surface area contributed by atoms with Gasteiger partial charge in [0.15, 0.2) is 0 Å². The SMILES string of the molecule is NC(=O)c1c(NC(=O)CN2CCc3sccc3[C@@H]2C2CC2)sc2c1CCC2. The van der Waals surface area contributed by atoms with Gasteiger partial charge < -0.3 is 11.1 Å². The van der Waals surface area contributed by atoms with Crippen LogP contribution in [-0.2, 0) is 24.1 Å². The van der Waals surface area contributed by atoms with Crippen molar-refractivity contribution in [2.75, 3.05) is 18.4 Å². The maximum absolute atomic E-state index is 12.8. The number of hydrogen-bond acceptors (Lipinski definition) is 5. The fourth-order valence-electron chi connectivity index (χ4n) is 4.64. The van der Waals surface area contributed by atoms with Gasteiger partial charge in [-0.05, 0) is 67.0 Å². The second-order valence-corrected chi connectivity index (χ2v) is 9.88. The van der Waals surface area contributed by atoms with Crippen LogP contribution in [0.2, 0.25) is 0 Å². The van der Waals surface area contributed by atoms with Crippen molar-refractivity contribution >= 4 is 39.5 Å². The molecule has 1 saturated carbocycles. The Labute approximate surface area is 166 Å². The van der Waals surface area contributed by atoms with Crippen LogP contribution in [0.4, 0.5) is 5.00 Å². The number of rotatable bonds is 5. The van der Waals surface area contributed by atoms with Gasteiger partial charge in [-0.25, -0.2) is 0 Å². The van der Waals surface area contributed by atoms with Crippen molar-refractivity contribution < 1.29 is 9.59 Å². The summed E-state index contributed by atoms with van der Waals surface area (Å²) in [6.45, 7) is 1.29. The van der Waals surface area contributed by atoms with Crippen LogP contribution < -0.4 is 11.1 Å². The molecule has 7 heteroatoms. The minimum atomic E-state index is -0.429. The zero-order valence-corrected chi connectivity index (χ0v) is 16.8. The first-order chi connectivity index (χ1) is 13.1. The van der Waals surface area contributed by atoms with E-state index in [1.807, 2.05) is 11.3 Å². The summed E-state index contributed by atoms with van der Waals surface area (Å²) in [4.78, 5) is 29.8. The number of primary amides is 1. The summed E-state index contributed by atoms with van der Waals surface area (Å²) in [7, 11) is 0. The number of carbonyl (C=O) groups excluding carboxylic acids is 2. The molecule has 0 aromatic carbocycles. The van der Waals surface area contributed by atoms with Crippen molar-refractivity contribution in [1.29, 1.82) is 0 Å². The van der Waals surface area contributed by atoms with E-state index in [2.05, 4.69) is 21.7 Å². The molecule has 0 radical (unpaired) electrons. The molecular formula is C20H23N3O2S2. The third kappa shape index (κ3) is 3.11.